The van der Waals surface area contributed by atoms with Gasteiger partial charge in [-0.3, -0.25) is 16.1 Å². The van der Waals surface area contributed by atoms with Crippen LogP contribution in [0.2, 0.25) is 0 Å². The second-order valence-corrected chi connectivity index (χ2v) is 4.86. The Morgan fingerprint density at radius 3 is 1.86 bits per heavy atom. The van der Waals surface area contributed by atoms with Crippen molar-refractivity contribution in [1.29, 1.82) is 0 Å². The first-order chi connectivity index (χ1) is 10.1. The molecule has 21 heavy (non-hydrogen) atoms. The first-order valence-electron chi connectivity index (χ1n) is 6.84. The van der Waals surface area contributed by atoms with Crippen LogP contribution in [-0.4, -0.2) is 16.9 Å². The summed E-state index contributed by atoms with van der Waals surface area (Å²) in [6.45, 7) is 3.97. The number of aliphatic hydroxyl groups is 1. The van der Waals surface area contributed by atoms with E-state index in [-0.39, 0.29) is 5.78 Å². The number of nitrogens with one attached hydrogen (secondary N) is 1. The molecule has 112 valence electrons. The van der Waals surface area contributed by atoms with Crippen LogP contribution in [0.1, 0.15) is 35.9 Å². The van der Waals surface area contributed by atoms with E-state index in [2.05, 4.69) is 5.43 Å². The lowest BCUT2D eigenvalue weighted by atomic mass is 10.0. The highest BCUT2D eigenvalue weighted by molar-refractivity contribution is 5.99. The minimum Gasteiger partial charge on any atom is -0.380 e. The Morgan fingerprint density at radius 1 is 1.00 bits per heavy atom. The maximum atomic E-state index is 11.9. The normalized spacial score (nSPS) is 11.5. The molecule has 0 aliphatic rings. The van der Waals surface area contributed by atoms with E-state index in [9.17, 15) is 9.90 Å². The third-order valence-corrected chi connectivity index (χ3v) is 2.76. The summed E-state index contributed by atoms with van der Waals surface area (Å²) >= 11 is 0. The molecule has 0 bridgehead atoms. The summed E-state index contributed by atoms with van der Waals surface area (Å²) in [5.41, 5.74) is 3.68. The SMILES string of the molecule is CC(C)NN.O=C(c1ccccc1)C(O)c1ccccc1. The van der Waals surface area contributed by atoms with Crippen LogP contribution in [-0.2, 0) is 0 Å². The average Bonchev–Trinajstić information content (AvgIpc) is 2.55. The van der Waals surface area contributed by atoms with Gasteiger partial charge >= 0.3 is 0 Å². The number of benzene rings is 2. The predicted octanol–water partition coefficient (Wildman–Crippen LogP) is 2.46. The Kier molecular flexibility index (Phi) is 7.32. The number of nitrogens with two attached hydrogens (primary N) is 1. The number of carbonyl (C=O) groups excluding carboxylic acids is 1. The van der Waals surface area contributed by atoms with Gasteiger partial charge in [-0.05, 0) is 19.4 Å². The third kappa shape index (κ3) is 5.87. The van der Waals surface area contributed by atoms with Crippen LogP contribution >= 0.6 is 0 Å². The lowest BCUT2D eigenvalue weighted by Gasteiger charge is -2.09. The molecule has 1 atom stereocenters. The van der Waals surface area contributed by atoms with Crippen molar-refractivity contribution in [3.05, 3.63) is 71.8 Å². The van der Waals surface area contributed by atoms with E-state index in [0.717, 1.165) is 0 Å². The highest BCUT2D eigenvalue weighted by Crippen LogP contribution is 2.17. The van der Waals surface area contributed by atoms with Crippen LogP contribution in [0.25, 0.3) is 0 Å². The average molecular weight is 286 g/mol. The van der Waals surface area contributed by atoms with Gasteiger partial charge in [-0.1, -0.05) is 60.7 Å². The van der Waals surface area contributed by atoms with Crippen molar-refractivity contribution < 1.29 is 9.90 Å². The summed E-state index contributed by atoms with van der Waals surface area (Å²) in [6.07, 6.45) is -1.08. The monoisotopic (exact) mass is 286 g/mol. The second-order valence-electron chi connectivity index (χ2n) is 4.86. The molecule has 0 aliphatic heterocycles. The van der Waals surface area contributed by atoms with Crippen molar-refractivity contribution in [3.63, 3.8) is 0 Å². The zero-order chi connectivity index (χ0) is 15.7. The van der Waals surface area contributed by atoms with E-state index in [4.69, 9.17) is 5.84 Å². The van der Waals surface area contributed by atoms with Crippen LogP contribution in [0.5, 0.6) is 0 Å². The molecule has 4 heteroatoms. The number of carbonyl (C=O) groups is 1. The Morgan fingerprint density at radius 2 is 1.43 bits per heavy atom. The molecule has 1 unspecified atom stereocenters. The van der Waals surface area contributed by atoms with E-state index in [1.807, 2.05) is 26.0 Å². The van der Waals surface area contributed by atoms with Crippen molar-refractivity contribution in [2.75, 3.05) is 0 Å². The molecule has 0 fully saturated rings. The summed E-state index contributed by atoms with van der Waals surface area (Å²) in [6, 6.07) is 18.2. The molecule has 0 saturated heterocycles. The van der Waals surface area contributed by atoms with Gasteiger partial charge in [0.2, 0.25) is 0 Å². The molecule has 4 nitrogen and oxygen atoms in total. The zero-order valence-corrected chi connectivity index (χ0v) is 12.4. The standard InChI is InChI=1S/C14H12O2.C3H10N2/c15-13(11-7-3-1-4-8-11)14(16)12-9-5-2-6-10-12;1-3(2)5-4/h1-10,13,15H;3,5H,4H2,1-2H3. The first-order valence-corrected chi connectivity index (χ1v) is 6.84. The van der Waals surface area contributed by atoms with Crippen molar-refractivity contribution in [2.24, 2.45) is 5.84 Å². The number of rotatable bonds is 4. The van der Waals surface area contributed by atoms with E-state index >= 15 is 0 Å². The summed E-state index contributed by atoms with van der Waals surface area (Å²) < 4.78 is 0. The molecular formula is C17H22N2O2. The Labute approximate surface area is 125 Å². The van der Waals surface area contributed by atoms with E-state index < -0.39 is 6.10 Å². The Hall–Kier alpha value is -2.01. The van der Waals surface area contributed by atoms with Crippen LogP contribution in [0.3, 0.4) is 0 Å². The fourth-order valence-electron chi connectivity index (χ4n) is 1.55. The highest BCUT2D eigenvalue weighted by atomic mass is 16.3. The zero-order valence-electron chi connectivity index (χ0n) is 12.4. The molecule has 0 aromatic heterocycles. The molecule has 0 radical (unpaired) electrons. The highest BCUT2D eigenvalue weighted by Gasteiger charge is 2.18. The van der Waals surface area contributed by atoms with Crippen LogP contribution < -0.4 is 11.3 Å². The van der Waals surface area contributed by atoms with Gasteiger partial charge in [0.1, 0.15) is 6.10 Å². The van der Waals surface area contributed by atoms with Gasteiger partial charge in [0.25, 0.3) is 0 Å². The van der Waals surface area contributed by atoms with Gasteiger partial charge in [0.05, 0.1) is 0 Å². The maximum Gasteiger partial charge on any atom is 0.195 e. The number of ketones is 1. The third-order valence-electron chi connectivity index (χ3n) is 2.76. The molecule has 2 aromatic rings. The van der Waals surface area contributed by atoms with Crippen molar-refractivity contribution >= 4 is 5.78 Å². The minimum absolute atomic E-state index is 0.271. The van der Waals surface area contributed by atoms with E-state index in [0.29, 0.717) is 17.2 Å². The maximum absolute atomic E-state index is 11.9. The van der Waals surface area contributed by atoms with Crippen molar-refractivity contribution in [2.45, 2.75) is 26.0 Å². The predicted molar refractivity (Wildman–Crippen MR) is 84.6 cm³/mol. The molecule has 0 aliphatic carbocycles. The van der Waals surface area contributed by atoms with Crippen LogP contribution in [0.15, 0.2) is 60.7 Å². The molecule has 0 amide bonds. The topological polar surface area (TPSA) is 75.3 Å². The fourth-order valence-corrected chi connectivity index (χ4v) is 1.55. The van der Waals surface area contributed by atoms with Crippen LogP contribution in [0.4, 0.5) is 0 Å². The molecule has 2 aromatic carbocycles. The molecule has 0 spiro atoms. The molecule has 2 rings (SSSR count). The molecule has 0 saturated carbocycles. The number of aliphatic hydroxyl groups excluding tert-OH is 1. The number of hydrogen-bond acceptors (Lipinski definition) is 4. The summed E-state index contributed by atoms with van der Waals surface area (Å²) in [7, 11) is 0. The van der Waals surface area contributed by atoms with Crippen molar-refractivity contribution in [3.8, 4) is 0 Å². The van der Waals surface area contributed by atoms with Gasteiger partial charge in [-0.15, -0.1) is 0 Å². The second kappa shape index (κ2) is 9.02. The quantitative estimate of drug-likeness (QED) is 0.458. The summed E-state index contributed by atoms with van der Waals surface area (Å²) in [5.74, 6) is 4.65. The molecule has 0 heterocycles. The smallest absolute Gasteiger partial charge is 0.195 e. The van der Waals surface area contributed by atoms with Gasteiger partial charge in [0, 0.05) is 11.6 Å². The van der Waals surface area contributed by atoms with Crippen LogP contribution in [0, 0.1) is 0 Å². The van der Waals surface area contributed by atoms with Gasteiger partial charge in [-0.2, -0.15) is 0 Å². The van der Waals surface area contributed by atoms with Crippen molar-refractivity contribution in [1.82, 2.24) is 5.43 Å². The molecule has 4 N–H and O–H groups in total. The van der Waals surface area contributed by atoms with Gasteiger partial charge in [0.15, 0.2) is 5.78 Å². The Bertz CT molecular complexity index is 527. The number of hydrogen-bond donors (Lipinski definition) is 3. The summed E-state index contributed by atoms with van der Waals surface area (Å²) in [5, 5.41) is 9.89. The number of Topliss-reactive ketones (excluding diaryl/α,β-unsaturated/α-hetero) is 1. The fraction of sp³-hybridized carbons (Fsp3) is 0.235. The lowest BCUT2D eigenvalue weighted by Crippen LogP contribution is -2.29. The largest absolute Gasteiger partial charge is 0.380 e. The van der Waals surface area contributed by atoms with Gasteiger partial charge < -0.3 is 5.11 Å². The molecular weight excluding hydrogens is 264 g/mol. The number of hydrazine groups is 1. The first kappa shape index (κ1) is 17.0. The lowest BCUT2D eigenvalue weighted by molar-refractivity contribution is 0.0747. The van der Waals surface area contributed by atoms with Gasteiger partial charge in [-0.25, -0.2) is 0 Å². The van der Waals surface area contributed by atoms with E-state index in [1.165, 1.54) is 0 Å². The minimum atomic E-state index is -1.08. The Balaban J connectivity index is 0.000000383. The van der Waals surface area contributed by atoms with E-state index in [1.54, 1.807) is 48.5 Å². The summed E-state index contributed by atoms with van der Waals surface area (Å²) in [4.78, 5) is 11.9.